The van der Waals surface area contributed by atoms with Crippen LogP contribution in [0.15, 0.2) is 47.4 Å². The van der Waals surface area contributed by atoms with Gasteiger partial charge in [0.2, 0.25) is 0 Å². The molecule has 0 fully saturated rings. The van der Waals surface area contributed by atoms with Crippen molar-refractivity contribution in [3.05, 3.63) is 52.5 Å². The van der Waals surface area contributed by atoms with E-state index < -0.39 is 13.0 Å². The molecule has 0 radical (unpaired) electrons. The number of hydrogen-bond acceptors (Lipinski definition) is 3. The largest absolute Gasteiger partial charge is 0.446 e. The van der Waals surface area contributed by atoms with Crippen LogP contribution in [0.25, 0.3) is 0 Å². The van der Waals surface area contributed by atoms with Crippen molar-refractivity contribution in [2.45, 2.75) is 10.4 Å². The second-order valence-electron chi connectivity index (χ2n) is 4.70. The number of thioether (sulfide) groups is 1. The van der Waals surface area contributed by atoms with Gasteiger partial charge < -0.3 is 9.61 Å². The third-order valence-electron chi connectivity index (χ3n) is 2.59. The van der Waals surface area contributed by atoms with Crippen LogP contribution in [0.3, 0.4) is 0 Å². The van der Waals surface area contributed by atoms with Crippen LogP contribution in [0, 0.1) is 0 Å². The lowest BCUT2D eigenvalue weighted by molar-refractivity contribution is -0.0328. The highest BCUT2D eigenvalue weighted by Crippen LogP contribution is 2.46. The van der Waals surface area contributed by atoms with Crippen LogP contribution < -0.4 is 9.61 Å². The van der Waals surface area contributed by atoms with Gasteiger partial charge in [-0.3, -0.25) is 4.57 Å². The van der Waals surface area contributed by atoms with Crippen LogP contribution in [-0.4, -0.2) is 12.2 Å². The molecular weight excluding hydrogens is 405 g/mol. The fourth-order valence-electron chi connectivity index (χ4n) is 1.73. The summed E-state index contributed by atoms with van der Waals surface area (Å²) in [6.45, 7) is 1.33. The molecule has 2 aromatic rings. The number of anilines is 1. The van der Waals surface area contributed by atoms with Crippen LogP contribution >= 0.6 is 42.5 Å². The summed E-state index contributed by atoms with van der Waals surface area (Å²) in [6.07, 6.45) is 0. The summed E-state index contributed by atoms with van der Waals surface area (Å²) in [5.41, 5.74) is -4.00. The van der Waals surface area contributed by atoms with Crippen molar-refractivity contribution in [1.82, 2.24) is 0 Å². The zero-order chi connectivity index (χ0) is 18.0. The molecule has 0 bridgehead atoms. The Hall–Kier alpha value is -1.01. The van der Waals surface area contributed by atoms with Crippen LogP contribution in [-0.2, 0) is 4.57 Å². The van der Waals surface area contributed by atoms with Crippen molar-refractivity contribution >= 4 is 48.2 Å². The van der Waals surface area contributed by atoms with Crippen LogP contribution in [0.2, 0.25) is 10.0 Å². The van der Waals surface area contributed by atoms with Gasteiger partial charge in [-0.2, -0.15) is 13.2 Å². The average Bonchev–Trinajstić information content (AvgIpc) is 2.42. The maximum Gasteiger partial charge on any atom is 0.446 e. The Kier molecular flexibility index (Phi) is 6.02. The fraction of sp³-hybridized carbons (Fsp3) is 0.143. The molecule has 10 heteroatoms. The predicted octanol–water partition coefficient (Wildman–Crippen LogP) is 6.92. The fourth-order valence-corrected chi connectivity index (χ4v) is 3.96. The zero-order valence-corrected chi connectivity index (χ0v) is 15.3. The van der Waals surface area contributed by atoms with Crippen molar-refractivity contribution in [2.75, 3.05) is 11.8 Å². The smallest absolute Gasteiger partial charge is 0.427 e. The van der Waals surface area contributed by atoms with Crippen molar-refractivity contribution < 1.29 is 22.3 Å². The first-order valence-electron chi connectivity index (χ1n) is 6.40. The van der Waals surface area contributed by atoms with E-state index in [0.29, 0.717) is 10.7 Å². The lowest BCUT2D eigenvalue weighted by Gasteiger charge is -2.18. The minimum Gasteiger partial charge on any atom is -0.427 e. The highest BCUT2D eigenvalue weighted by Gasteiger charge is 2.29. The van der Waals surface area contributed by atoms with Gasteiger partial charge in [0.15, 0.2) is 0 Å². The molecule has 0 saturated heterocycles. The first kappa shape index (κ1) is 19.3. The molecule has 0 aliphatic rings. The topological polar surface area (TPSA) is 38.3 Å². The van der Waals surface area contributed by atoms with Gasteiger partial charge in [0.1, 0.15) is 5.75 Å². The number of hydrogen-bond donors (Lipinski definition) is 1. The first-order valence-corrected chi connectivity index (χ1v) is 10.0. The van der Waals surface area contributed by atoms with E-state index in [1.807, 2.05) is 0 Å². The van der Waals surface area contributed by atoms with E-state index in [1.54, 1.807) is 0 Å². The van der Waals surface area contributed by atoms with Gasteiger partial charge in [-0.05, 0) is 54.2 Å². The number of alkyl halides is 3. The van der Waals surface area contributed by atoms with E-state index in [9.17, 15) is 17.7 Å². The Balaban J connectivity index is 2.07. The summed E-state index contributed by atoms with van der Waals surface area (Å²) in [4.78, 5) is 0.0284. The Morgan fingerprint density at radius 2 is 1.75 bits per heavy atom. The number of benzene rings is 2. The van der Waals surface area contributed by atoms with Gasteiger partial charge in [-0.15, -0.1) is 0 Å². The first-order chi connectivity index (χ1) is 11.0. The number of rotatable bonds is 5. The van der Waals surface area contributed by atoms with Gasteiger partial charge in [0, 0.05) is 22.3 Å². The van der Waals surface area contributed by atoms with E-state index in [4.69, 9.17) is 27.7 Å². The van der Waals surface area contributed by atoms with E-state index in [1.165, 1.54) is 49.1 Å². The van der Waals surface area contributed by atoms with Gasteiger partial charge in [0.25, 0.3) is 0 Å². The average molecular weight is 416 g/mol. The van der Waals surface area contributed by atoms with E-state index >= 15 is 0 Å². The van der Waals surface area contributed by atoms with Gasteiger partial charge in [-0.25, -0.2) is 0 Å². The van der Waals surface area contributed by atoms with Gasteiger partial charge >= 0.3 is 13.0 Å². The number of nitrogens with one attached hydrogen (secondary N) is 1. The minimum atomic E-state index is -4.36. The molecule has 2 rings (SSSR count). The van der Waals surface area contributed by atoms with Crippen molar-refractivity contribution in [2.24, 2.45) is 0 Å². The Morgan fingerprint density at radius 1 is 1.12 bits per heavy atom. The standard InChI is InChI=1S/C14H11Cl2F3NO2PS/c1-23(21,22-13-7-2-9(15)8-12(13)16)20-10-3-5-11(6-4-10)24-14(17,18)19/h2-8H,1H3,(H,20,21)/t23-/m1/s1. The van der Waals surface area contributed by atoms with Gasteiger partial charge in [0.05, 0.1) is 5.02 Å². The Bertz CT molecular complexity index is 772. The second kappa shape index (κ2) is 7.48. The normalized spacial score (nSPS) is 14.1. The molecule has 1 N–H and O–H groups in total. The summed E-state index contributed by atoms with van der Waals surface area (Å²) in [5, 5.41) is 3.25. The minimum absolute atomic E-state index is 0.0284. The molecule has 24 heavy (non-hydrogen) atoms. The molecule has 0 spiro atoms. The molecule has 0 aliphatic carbocycles. The lowest BCUT2D eigenvalue weighted by Crippen LogP contribution is -2.03. The third kappa shape index (κ3) is 6.13. The SMILES string of the molecule is C[P@](=O)(Nc1ccc(SC(F)(F)F)cc1)Oc1ccc(Cl)cc1Cl. The molecule has 0 aromatic heterocycles. The monoisotopic (exact) mass is 415 g/mol. The molecule has 1 atom stereocenters. The lowest BCUT2D eigenvalue weighted by atomic mass is 10.3. The molecule has 0 aliphatic heterocycles. The predicted molar refractivity (Wildman–Crippen MR) is 92.6 cm³/mol. The summed E-state index contributed by atoms with van der Waals surface area (Å²) in [5.74, 6) is 0.184. The molecule has 2 aromatic carbocycles. The highest BCUT2D eigenvalue weighted by molar-refractivity contribution is 8.00. The summed E-state index contributed by atoms with van der Waals surface area (Å²) in [7, 11) is -3.34. The molecule has 0 amide bonds. The van der Waals surface area contributed by atoms with Crippen molar-refractivity contribution in [3.63, 3.8) is 0 Å². The zero-order valence-electron chi connectivity index (χ0n) is 12.1. The summed E-state index contributed by atoms with van der Waals surface area (Å²) < 4.78 is 54.7. The molecular formula is C14H11Cl2F3NO2PS. The van der Waals surface area contributed by atoms with Crippen LogP contribution in [0.4, 0.5) is 18.9 Å². The maximum atomic E-state index is 12.5. The van der Waals surface area contributed by atoms with E-state index in [0.717, 1.165) is 0 Å². The highest BCUT2D eigenvalue weighted by atomic mass is 35.5. The second-order valence-corrected chi connectivity index (χ2v) is 8.78. The maximum absolute atomic E-state index is 12.5. The molecule has 0 saturated carbocycles. The summed E-state index contributed by atoms with van der Waals surface area (Å²) in [6, 6.07) is 9.78. The molecule has 3 nitrogen and oxygen atoms in total. The van der Waals surface area contributed by atoms with Gasteiger partial charge in [-0.1, -0.05) is 23.2 Å². The van der Waals surface area contributed by atoms with Crippen LogP contribution in [0.1, 0.15) is 0 Å². The third-order valence-corrected chi connectivity index (χ3v) is 5.07. The Labute approximate surface area is 151 Å². The molecule has 0 unspecified atom stereocenters. The Morgan fingerprint density at radius 3 is 2.29 bits per heavy atom. The number of halogens is 5. The quantitative estimate of drug-likeness (QED) is 0.424. The van der Waals surface area contributed by atoms with E-state index in [2.05, 4.69) is 5.09 Å². The van der Waals surface area contributed by atoms with Crippen LogP contribution in [0.5, 0.6) is 5.75 Å². The van der Waals surface area contributed by atoms with Crippen molar-refractivity contribution in [3.8, 4) is 5.75 Å². The summed E-state index contributed by atoms with van der Waals surface area (Å²) >= 11 is 11.5. The molecule has 0 heterocycles. The van der Waals surface area contributed by atoms with Crippen molar-refractivity contribution in [1.29, 1.82) is 0 Å². The molecule has 130 valence electrons. The van der Waals surface area contributed by atoms with E-state index in [-0.39, 0.29) is 27.4 Å².